The van der Waals surface area contributed by atoms with Crippen LogP contribution < -0.4 is 5.32 Å². The lowest BCUT2D eigenvalue weighted by atomic mass is 10.0. The van der Waals surface area contributed by atoms with Crippen molar-refractivity contribution in [3.05, 3.63) is 71.8 Å². The largest absolute Gasteiger partial charge is 0.338 e. The molecule has 4 amide bonds. The Kier molecular flexibility index (Phi) is 7.04. The normalized spacial score (nSPS) is 17.6. The lowest BCUT2D eigenvalue weighted by molar-refractivity contribution is -0.158. The minimum atomic E-state index is -0.429. The molecule has 0 bridgehead atoms. The van der Waals surface area contributed by atoms with Gasteiger partial charge in [-0.2, -0.15) is 0 Å². The Bertz CT molecular complexity index is 927. The van der Waals surface area contributed by atoms with E-state index in [0.717, 1.165) is 12.0 Å². The van der Waals surface area contributed by atoms with Gasteiger partial charge in [0, 0.05) is 45.3 Å². The van der Waals surface area contributed by atoms with Crippen LogP contribution in [0.4, 0.5) is 4.79 Å². The zero-order valence-corrected chi connectivity index (χ0v) is 18.3. The van der Waals surface area contributed by atoms with E-state index in [4.69, 9.17) is 0 Å². The molecule has 32 heavy (non-hydrogen) atoms. The number of carbonyl (C=O) groups excluding carboxylic acids is 3. The van der Waals surface area contributed by atoms with Crippen molar-refractivity contribution >= 4 is 17.8 Å². The Morgan fingerprint density at radius 1 is 0.812 bits per heavy atom. The fourth-order valence-corrected chi connectivity index (χ4v) is 4.44. The van der Waals surface area contributed by atoms with E-state index in [-0.39, 0.29) is 12.1 Å². The minimum Gasteiger partial charge on any atom is -0.338 e. The summed E-state index contributed by atoms with van der Waals surface area (Å²) in [4.78, 5) is 43.0. The number of benzene rings is 2. The van der Waals surface area contributed by atoms with Crippen LogP contribution in [0.1, 0.15) is 24.0 Å². The van der Waals surface area contributed by atoms with Crippen LogP contribution in [0.2, 0.25) is 0 Å². The number of nitrogens with zero attached hydrogens (tertiary/aromatic N) is 3. The van der Waals surface area contributed by atoms with Crippen molar-refractivity contribution in [1.82, 2.24) is 20.0 Å². The number of rotatable bonds is 6. The maximum Gasteiger partial charge on any atom is 0.317 e. The molecule has 0 spiro atoms. The summed E-state index contributed by atoms with van der Waals surface area (Å²) in [5, 5.41) is 2.99. The molecule has 0 radical (unpaired) electrons. The van der Waals surface area contributed by atoms with Crippen LogP contribution in [0.25, 0.3) is 0 Å². The molecular formula is C25H30N4O3. The minimum absolute atomic E-state index is 0.0127. The quantitative estimate of drug-likeness (QED) is 0.709. The summed E-state index contributed by atoms with van der Waals surface area (Å²) in [5.41, 5.74) is 2.22. The van der Waals surface area contributed by atoms with Gasteiger partial charge in [-0.3, -0.25) is 9.59 Å². The highest BCUT2D eigenvalue weighted by molar-refractivity contribution is 6.35. The van der Waals surface area contributed by atoms with Crippen LogP contribution in [0, 0.1) is 0 Å². The summed E-state index contributed by atoms with van der Waals surface area (Å²) in [7, 11) is 0. The second kappa shape index (κ2) is 10.3. The average molecular weight is 435 g/mol. The highest BCUT2D eigenvalue weighted by atomic mass is 16.2. The Balaban J connectivity index is 1.22. The Hall–Kier alpha value is -3.35. The van der Waals surface area contributed by atoms with Crippen molar-refractivity contribution in [3.8, 4) is 0 Å². The number of piperidine rings is 1. The van der Waals surface area contributed by atoms with E-state index in [0.29, 0.717) is 52.1 Å². The number of piperazine rings is 1. The number of hydrogen-bond acceptors (Lipinski definition) is 3. The fraction of sp³-hybridized carbons (Fsp3) is 0.400. The molecule has 0 unspecified atom stereocenters. The van der Waals surface area contributed by atoms with Gasteiger partial charge in [-0.1, -0.05) is 60.7 Å². The summed E-state index contributed by atoms with van der Waals surface area (Å²) < 4.78 is 0. The molecule has 2 aromatic carbocycles. The van der Waals surface area contributed by atoms with Gasteiger partial charge in [0.05, 0.1) is 0 Å². The highest BCUT2D eigenvalue weighted by Crippen LogP contribution is 2.20. The third-order valence-electron chi connectivity index (χ3n) is 6.28. The second-order valence-electron chi connectivity index (χ2n) is 8.40. The maximum absolute atomic E-state index is 12.8. The third kappa shape index (κ3) is 5.28. The molecule has 2 aliphatic rings. The molecule has 0 aliphatic carbocycles. The Morgan fingerprint density at radius 3 is 2.09 bits per heavy atom. The van der Waals surface area contributed by atoms with E-state index >= 15 is 0 Å². The molecule has 0 saturated carbocycles. The molecule has 2 aliphatic heterocycles. The van der Waals surface area contributed by atoms with Crippen LogP contribution >= 0.6 is 0 Å². The molecule has 0 aromatic heterocycles. The van der Waals surface area contributed by atoms with Gasteiger partial charge in [0.2, 0.25) is 0 Å². The number of nitrogens with one attached hydrogen (secondary N) is 1. The van der Waals surface area contributed by atoms with Crippen molar-refractivity contribution in [2.75, 3.05) is 32.7 Å². The lowest BCUT2D eigenvalue weighted by Crippen LogP contribution is -2.59. The van der Waals surface area contributed by atoms with Crippen LogP contribution in [-0.4, -0.2) is 71.3 Å². The van der Waals surface area contributed by atoms with Crippen LogP contribution in [0.5, 0.6) is 0 Å². The number of amides is 4. The number of carbonyl (C=O) groups is 3. The van der Waals surface area contributed by atoms with Gasteiger partial charge in [0.15, 0.2) is 0 Å². The predicted molar refractivity (Wildman–Crippen MR) is 122 cm³/mol. The van der Waals surface area contributed by atoms with Crippen molar-refractivity contribution in [3.63, 3.8) is 0 Å². The lowest BCUT2D eigenvalue weighted by Gasteiger charge is -2.42. The molecule has 2 saturated heterocycles. The molecule has 7 nitrogen and oxygen atoms in total. The molecule has 2 fully saturated rings. The van der Waals surface area contributed by atoms with E-state index in [1.165, 1.54) is 5.56 Å². The van der Waals surface area contributed by atoms with Gasteiger partial charge >= 0.3 is 17.8 Å². The van der Waals surface area contributed by atoms with Gasteiger partial charge in [-0.05, 0) is 30.4 Å². The van der Waals surface area contributed by atoms with E-state index in [2.05, 4.69) is 17.4 Å². The molecule has 4 rings (SSSR count). The summed E-state index contributed by atoms with van der Waals surface area (Å²) in [6.45, 7) is 3.33. The Labute approximate surface area is 189 Å². The average Bonchev–Trinajstić information content (AvgIpc) is 2.84. The molecule has 7 heteroatoms. The van der Waals surface area contributed by atoms with Crippen molar-refractivity contribution < 1.29 is 14.4 Å². The Morgan fingerprint density at radius 2 is 1.44 bits per heavy atom. The van der Waals surface area contributed by atoms with Gasteiger partial charge in [-0.15, -0.1) is 0 Å². The number of likely N-dealkylation sites (tertiary alicyclic amines) is 1. The fourth-order valence-electron chi connectivity index (χ4n) is 4.44. The summed E-state index contributed by atoms with van der Waals surface area (Å²) >= 11 is 0. The van der Waals surface area contributed by atoms with Crippen molar-refractivity contribution in [2.24, 2.45) is 0 Å². The van der Waals surface area contributed by atoms with Crippen molar-refractivity contribution in [2.45, 2.75) is 31.8 Å². The second-order valence-corrected chi connectivity index (χ2v) is 8.40. The van der Waals surface area contributed by atoms with Crippen LogP contribution in [-0.2, 0) is 22.6 Å². The third-order valence-corrected chi connectivity index (χ3v) is 6.28. The zero-order chi connectivity index (χ0) is 22.3. The first kappa shape index (κ1) is 21.9. The first-order chi connectivity index (χ1) is 15.6. The highest BCUT2D eigenvalue weighted by Gasteiger charge is 2.37. The molecule has 2 aromatic rings. The van der Waals surface area contributed by atoms with Gasteiger partial charge < -0.3 is 20.0 Å². The smallest absolute Gasteiger partial charge is 0.317 e. The SMILES string of the molecule is O=C(NCCc1ccccc1)N1CCC(N2CCN(Cc3ccccc3)C(=O)C2=O)CC1. The summed E-state index contributed by atoms with van der Waals surface area (Å²) in [5.74, 6) is -0.848. The summed E-state index contributed by atoms with van der Waals surface area (Å²) in [6.07, 6.45) is 2.19. The number of hydrogen-bond donors (Lipinski definition) is 1. The molecule has 2 heterocycles. The van der Waals surface area contributed by atoms with Gasteiger partial charge in [-0.25, -0.2) is 4.79 Å². The van der Waals surface area contributed by atoms with Gasteiger partial charge in [0.25, 0.3) is 0 Å². The van der Waals surface area contributed by atoms with Crippen molar-refractivity contribution in [1.29, 1.82) is 0 Å². The topological polar surface area (TPSA) is 73.0 Å². The molecule has 0 atom stereocenters. The molecular weight excluding hydrogens is 404 g/mol. The van der Waals surface area contributed by atoms with Crippen LogP contribution in [0.15, 0.2) is 60.7 Å². The van der Waals surface area contributed by atoms with E-state index in [9.17, 15) is 14.4 Å². The molecule has 1 N–H and O–H groups in total. The summed E-state index contributed by atoms with van der Waals surface area (Å²) in [6, 6.07) is 19.8. The standard InChI is InChI=1S/C25H30N4O3/c30-23-24(31)29(18-17-28(23)19-21-9-5-2-6-10-21)22-12-15-27(16-13-22)25(32)26-14-11-20-7-3-1-4-8-20/h1-10,22H,11-19H2,(H,26,32). The van der Waals surface area contributed by atoms with Gasteiger partial charge in [0.1, 0.15) is 0 Å². The predicted octanol–water partition coefficient (Wildman–Crippen LogP) is 2.27. The maximum atomic E-state index is 12.8. The van der Waals surface area contributed by atoms with E-state index in [1.807, 2.05) is 48.5 Å². The monoisotopic (exact) mass is 434 g/mol. The first-order valence-electron chi connectivity index (χ1n) is 11.3. The van der Waals surface area contributed by atoms with E-state index in [1.54, 1.807) is 14.7 Å². The number of urea groups is 1. The molecule has 168 valence electrons. The zero-order valence-electron chi connectivity index (χ0n) is 18.3. The van der Waals surface area contributed by atoms with E-state index < -0.39 is 11.8 Å². The first-order valence-corrected chi connectivity index (χ1v) is 11.3. The van der Waals surface area contributed by atoms with Crippen LogP contribution in [0.3, 0.4) is 0 Å².